The van der Waals surface area contributed by atoms with Crippen molar-refractivity contribution in [2.75, 3.05) is 6.61 Å². The lowest BCUT2D eigenvalue weighted by molar-refractivity contribution is -0.0943. The Morgan fingerprint density at radius 1 is 1.00 bits per heavy atom. The van der Waals surface area contributed by atoms with E-state index in [2.05, 4.69) is 0 Å². The van der Waals surface area contributed by atoms with Crippen LogP contribution in [0.4, 0.5) is 0 Å². The summed E-state index contributed by atoms with van der Waals surface area (Å²) in [5.74, 6) is -0.946. The lowest BCUT2D eigenvalue weighted by atomic mass is 10.1. The molecule has 0 unspecified atom stereocenters. The van der Waals surface area contributed by atoms with Crippen molar-refractivity contribution in [3.05, 3.63) is 70.8 Å². The average molecular weight is 405 g/mol. The zero-order chi connectivity index (χ0) is 20.1. The molecule has 0 radical (unpaired) electrons. The van der Waals surface area contributed by atoms with Gasteiger partial charge >= 0.3 is 11.9 Å². The van der Waals surface area contributed by atoms with Crippen LogP contribution in [0.25, 0.3) is 0 Å². The Morgan fingerprint density at radius 3 is 2.14 bits per heavy atom. The highest BCUT2D eigenvalue weighted by Crippen LogP contribution is 2.27. The molecule has 2 aromatic carbocycles. The molecule has 1 heterocycles. The van der Waals surface area contributed by atoms with Crippen LogP contribution in [0.3, 0.4) is 0 Å². The Kier molecular flexibility index (Phi) is 6.67. The summed E-state index contributed by atoms with van der Waals surface area (Å²) in [6.07, 6.45) is -1.84. The molecular weight excluding hydrogens is 384 g/mol. The van der Waals surface area contributed by atoms with Crippen LogP contribution in [0.1, 0.15) is 38.3 Å². The number of hydrogen-bond donors (Lipinski definition) is 0. The first kappa shape index (κ1) is 20.3. The number of aryl methyl sites for hydroxylation is 2. The standard InChI is InChI=1S/C21H21ClO6/c1-13-7-3-5-9-15(13)20(23)25-12-18-17(11-19(26-18)28-22)27-21(24)16-10-6-4-8-14(16)2/h3-10,17-19H,11-12H2,1-2H3/t17-,18+,19+/m0/s1. The minimum Gasteiger partial charge on any atom is -0.459 e. The normalized spacial score (nSPS) is 21.3. The molecule has 1 fully saturated rings. The summed E-state index contributed by atoms with van der Waals surface area (Å²) in [4.78, 5) is 24.8. The number of carbonyl (C=O) groups is 2. The second kappa shape index (κ2) is 9.19. The molecule has 0 saturated carbocycles. The van der Waals surface area contributed by atoms with E-state index in [9.17, 15) is 9.59 Å². The lowest BCUT2D eigenvalue weighted by Crippen LogP contribution is -2.32. The molecule has 0 bridgehead atoms. The van der Waals surface area contributed by atoms with Gasteiger partial charge in [0.15, 0.2) is 6.29 Å². The molecule has 2 aromatic rings. The lowest BCUT2D eigenvalue weighted by Gasteiger charge is -2.19. The summed E-state index contributed by atoms with van der Waals surface area (Å²) in [7, 11) is 0. The Balaban J connectivity index is 1.65. The molecule has 0 aliphatic carbocycles. The van der Waals surface area contributed by atoms with Crippen LogP contribution in [-0.4, -0.2) is 37.0 Å². The van der Waals surface area contributed by atoms with Crippen LogP contribution in [-0.2, 0) is 18.5 Å². The Labute approximate surface area is 168 Å². The van der Waals surface area contributed by atoms with E-state index < -0.39 is 30.4 Å². The molecule has 3 rings (SSSR count). The highest BCUT2D eigenvalue weighted by atomic mass is 35.5. The number of carbonyl (C=O) groups excluding carboxylic acids is 2. The largest absolute Gasteiger partial charge is 0.459 e. The Bertz CT molecular complexity index is 852. The van der Waals surface area contributed by atoms with Crippen molar-refractivity contribution in [3.8, 4) is 0 Å². The third-order valence-electron chi connectivity index (χ3n) is 4.63. The summed E-state index contributed by atoms with van der Waals surface area (Å²) in [5, 5.41) is 0. The highest BCUT2D eigenvalue weighted by molar-refractivity contribution is 6.07. The first-order valence-electron chi connectivity index (χ1n) is 8.92. The molecule has 148 valence electrons. The van der Waals surface area contributed by atoms with Crippen molar-refractivity contribution in [3.63, 3.8) is 0 Å². The molecule has 0 spiro atoms. The van der Waals surface area contributed by atoms with E-state index in [0.29, 0.717) is 11.1 Å². The fourth-order valence-electron chi connectivity index (χ4n) is 3.05. The molecule has 1 aliphatic heterocycles. The van der Waals surface area contributed by atoms with E-state index in [1.165, 1.54) is 0 Å². The van der Waals surface area contributed by atoms with Gasteiger partial charge in [-0.2, -0.15) is 0 Å². The quantitative estimate of drug-likeness (QED) is 0.678. The number of rotatable bonds is 6. The Morgan fingerprint density at radius 2 is 1.57 bits per heavy atom. The predicted octanol–water partition coefficient (Wildman–Crippen LogP) is 3.97. The van der Waals surface area contributed by atoms with Gasteiger partial charge in [-0.1, -0.05) is 36.4 Å². The van der Waals surface area contributed by atoms with Crippen molar-refractivity contribution in [2.24, 2.45) is 0 Å². The molecule has 0 aromatic heterocycles. The van der Waals surface area contributed by atoms with Crippen molar-refractivity contribution < 1.29 is 28.1 Å². The van der Waals surface area contributed by atoms with E-state index in [1.54, 1.807) is 24.3 Å². The van der Waals surface area contributed by atoms with E-state index >= 15 is 0 Å². The molecule has 7 heteroatoms. The van der Waals surface area contributed by atoms with Crippen molar-refractivity contribution in [1.29, 1.82) is 0 Å². The van der Waals surface area contributed by atoms with Crippen molar-refractivity contribution >= 4 is 23.8 Å². The van der Waals surface area contributed by atoms with E-state index in [4.69, 9.17) is 30.4 Å². The maximum absolute atomic E-state index is 12.5. The monoisotopic (exact) mass is 404 g/mol. The number of ether oxygens (including phenoxy) is 3. The van der Waals surface area contributed by atoms with Crippen LogP contribution in [0.15, 0.2) is 48.5 Å². The molecule has 0 amide bonds. The molecule has 28 heavy (non-hydrogen) atoms. The molecule has 0 N–H and O–H groups in total. The SMILES string of the molecule is Cc1ccccc1C(=O)OC[C@H]1O[C@H](OCl)C[C@@H]1OC(=O)c1ccccc1C. The fourth-order valence-corrected chi connectivity index (χ4v) is 3.16. The van der Waals surface area contributed by atoms with E-state index in [0.717, 1.165) is 11.1 Å². The smallest absolute Gasteiger partial charge is 0.338 e. The van der Waals surface area contributed by atoms with E-state index in [-0.39, 0.29) is 13.0 Å². The third kappa shape index (κ3) is 4.70. The Hall–Kier alpha value is -2.41. The van der Waals surface area contributed by atoms with Crippen LogP contribution < -0.4 is 0 Å². The predicted molar refractivity (Wildman–Crippen MR) is 102 cm³/mol. The highest BCUT2D eigenvalue weighted by Gasteiger charge is 2.40. The van der Waals surface area contributed by atoms with Gasteiger partial charge in [-0.05, 0) is 37.1 Å². The fraction of sp³-hybridized carbons (Fsp3) is 0.333. The van der Waals surface area contributed by atoms with Crippen LogP contribution >= 0.6 is 11.9 Å². The van der Waals surface area contributed by atoms with Gasteiger partial charge in [0.2, 0.25) is 0 Å². The average Bonchev–Trinajstić information content (AvgIpc) is 3.08. The van der Waals surface area contributed by atoms with Gasteiger partial charge in [0.25, 0.3) is 0 Å². The van der Waals surface area contributed by atoms with Crippen LogP contribution in [0, 0.1) is 13.8 Å². The zero-order valence-corrected chi connectivity index (χ0v) is 16.3. The van der Waals surface area contributed by atoms with E-state index in [1.807, 2.05) is 38.1 Å². The van der Waals surface area contributed by atoms with Gasteiger partial charge in [-0.3, -0.25) is 0 Å². The number of esters is 2. The minimum absolute atomic E-state index is 0.0877. The van der Waals surface area contributed by atoms with Gasteiger partial charge in [-0.25, -0.2) is 13.9 Å². The topological polar surface area (TPSA) is 71.1 Å². The van der Waals surface area contributed by atoms with Gasteiger partial charge in [0.05, 0.1) is 23.0 Å². The molecule has 1 saturated heterocycles. The summed E-state index contributed by atoms with van der Waals surface area (Å²) in [6, 6.07) is 14.2. The second-order valence-corrected chi connectivity index (χ2v) is 6.78. The summed E-state index contributed by atoms with van der Waals surface area (Å²) >= 11 is 5.42. The van der Waals surface area contributed by atoms with Gasteiger partial charge in [-0.15, -0.1) is 0 Å². The first-order chi connectivity index (χ1) is 13.5. The van der Waals surface area contributed by atoms with Crippen molar-refractivity contribution in [2.45, 2.75) is 38.8 Å². The maximum atomic E-state index is 12.5. The maximum Gasteiger partial charge on any atom is 0.338 e. The number of hydrogen-bond acceptors (Lipinski definition) is 6. The zero-order valence-electron chi connectivity index (χ0n) is 15.6. The summed E-state index contributed by atoms with van der Waals surface area (Å²) in [6.45, 7) is 3.57. The minimum atomic E-state index is -0.751. The molecule has 3 atom stereocenters. The molecular formula is C21H21ClO6. The van der Waals surface area contributed by atoms with Crippen LogP contribution in [0.2, 0.25) is 0 Å². The third-order valence-corrected chi connectivity index (χ3v) is 4.83. The first-order valence-corrected chi connectivity index (χ1v) is 9.22. The van der Waals surface area contributed by atoms with Gasteiger partial charge in [0, 0.05) is 6.42 Å². The summed E-state index contributed by atoms with van der Waals surface area (Å²) in [5.41, 5.74) is 2.55. The molecule has 1 aliphatic rings. The van der Waals surface area contributed by atoms with Crippen molar-refractivity contribution in [1.82, 2.24) is 0 Å². The molecule has 6 nitrogen and oxygen atoms in total. The summed E-state index contributed by atoms with van der Waals surface area (Å²) < 4.78 is 21.3. The second-order valence-electron chi connectivity index (χ2n) is 6.60. The number of halogens is 1. The van der Waals surface area contributed by atoms with Gasteiger partial charge in [0.1, 0.15) is 18.8 Å². The van der Waals surface area contributed by atoms with Gasteiger partial charge < -0.3 is 14.2 Å². The number of benzene rings is 2. The van der Waals surface area contributed by atoms with Crippen LogP contribution in [0.5, 0.6) is 0 Å².